The van der Waals surface area contributed by atoms with Crippen LogP contribution in [0, 0.1) is 6.92 Å². The Bertz CT molecular complexity index is 948. The number of aliphatic hydroxyl groups is 1. The van der Waals surface area contributed by atoms with Crippen molar-refractivity contribution in [3.63, 3.8) is 0 Å². The van der Waals surface area contributed by atoms with Crippen LogP contribution in [0.1, 0.15) is 23.6 Å². The molecule has 0 aliphatic carbocycles. The lowest BCUT2D eigenvalue weighted by Gasteiger charge is -2.43. The molecule has 168 valence electrons. The maximum atomic E-state index is 11.0. The van der Waals surface area contributed by atoms with E-state index in [0.29, 0.717) is 13.2 Å². The van der Waals surface area contributed by atoms with Crippen LogP contribution in [-0.4, -0.2) is 35.0 Å². The van der Waals surface area contributed by atoms with Crippen LogP contribution in [0.3, 0.4) is 0 Å². The topological polar surface area (TPSA) is 47.9 Å². The Morgan fingerprint density at radius 3 is 1.88 bits per heavy atom. The molecule has 0 amide bonds. The van der Waals surface area contributed by atoms with Gasteiger partial charge in [-0.15, -0.1) is 0 Å². The van der Waals surface area contributed by atoms with E-state index in [9.17, 15) is 5.11 Å². The largest absolute Gasteiger partial charge is 0.388 e. The number of ether oxygens (including phenoxy) is 3. The van der Waals surface area contributed by atoms with Gasteiger partial charge in [-0.1, -0.05) is 90.1 Å². The third-order valence-electron chi connectivity index (χ3n) is 5.60. The van der Waals surface area contributed by atoms with Gasteiger partial charge in [-0.25, -0.2) is 0 Å². The fourth-order valence-corrected chi connectivity index (χ4v) is 4.89. The van der Waals surface area contributed by atoms with E-state index in [1.807, 2.05) is 67.6 Å². The summed E-state index contributed by atoms with van der Waals surface area (Å²) in [6, 6.07) is 28.4. The van der Waals surface area contributed by atoms with Gasteiger partial charge in [-0.2, -0.15) is 0 Å². The number of hydrogen-bond acceptors (Lipinski definition) is 5. The molecule has 0 saturated carbocycles. The lowest BCUT2D eigenvalue weighted by Crippen LogP contribution is -2.57. The van der Waals surface area contributed by atoms with E-state index >= 15 is 0 Å². The zero-order valence-electron chi connectivity index (χ0n) is 18.5. The fraction of sp³-hybridized carbons (Fsp3) is 0.333. The average molecular weight is 451 g/mol. The van der Waals surface area contributed by atoms with Gasteiger partial charge in [0.1, 0.15) is 23.7 Å². The fourth-order valence-electron chi connectivity index (χ4n) is 3.73. The molecule has 1 fully saturated rings. The molecule has 3 aromatic rings. The van der Waals surface area contributed by atoms with Crippen molar-refractivity contribution in [2.24, 2.45) is 0 Å². The van der Waals surface area contributed by atoms with Crippen LogP contribution in [0.2, 0.25) is 0 Å². The smallest absolute Gasteiger partial charge is 0.136 e. The zero-order chi connectivity index (χ0) is 22.3. The molecule has 5 heteroatoms. The van der Waals surface area contributed by atoms with Crippen molar-refractivity contribution in [3.05, 3.63) is 102 Å². The molecular formula is C27H30O4S. The molecule has 0 spiro atoms. The molecule has 1 saturated heterocycles. The maximum Gasteiger partial charge on any atom is 0.136 e. The molecule has 0 aromatic heterocycles. The molecule has 0 radical (unpaired) electrons. The van der Waals surface area contributed by atoms with Crippen molar-refractivity contribution < 1.29 is 19.3 Å². The second-order valence-corrected chi connectivity index (χ2v) is 9.33. The maximum absolute atomic E-state index is 11.0. The number of hydrogen-bond donors (Lipinski definition) is 1. The van der Waals surface area contributed by atoms with E-state index in [1.54, 1.807) is 11.8 Å². The van der Waals surface area contributed by atoms with E-state index in [4.69, 9.17) is 14.2 Å². The van der Waals surface area contributed by atoms with Crippen LogP contribution in [0.15, 0.2) is 89.8 Å². The third kappa shape index (κ3) is 6.00. The molecule has 1 N–H and O–H groups in total. The van der Waals surface area contributed by atoms with Crippen LogP contribution in [0.5, 0.6) is 0 Å². The van der Waals surface area contributed by atoms with Crippen LogP contribution >= 0.6 is 11.8 Å². The normalized spacial score (nSPS) is 25.5. The second kappa shape index (κ2) is 11.1. The van der Waals surface area contributed by atoms with Crippen molar-refractivity contribution in [2.75, 3.05) is 0 Å². The summed E-state index contributed by atoms with van der Waals surface area (Å²) in [7, 11) is 0. The molecule has 1 aliphatic rings. The minimum absolute atomic E-state index is 0.305. The molecule has 3 aromatic carbocycles. The zero-order valence-corrected chi connectivity index (χ0v) is 19.3. The van der Waals surface area contributed by atoms with E-state index in [-0.39, 0.29) is 11.5 Å². The minimum Gasteiger partial charge on any atom is -0.388 e. The molecule has 1 heterocycles. The molecule has 4 nitrogen and oxygen atoms in total. The Hall–Kier alpha value is -2.15. The Kier molecular flexibility index (Phi) is 8.00. The quantitative estimate of drug-likeness (QED) is 0.500. The monoisotopic (exact) mass is 450 g/mol. The van der Waals surface area contributed by atoms with Gasteiger partial charge in [0.2, 0.25) is 0 Å². The van der Waals surface area contributed by atoms with E-state index in [0.717, 1.165) is 16.0 Å². The first-order valence-electron chi connectivity index (χ1n) is 11.0. The number of rotatable bonds is 8. The van der Waals surface area contributed by atoms with Gasteiger partial charge < -0.3 is 19.3 Å². The van der Waals surface area contributed by atoms with E-state index < -0.39 is 18.3 Å². The standard InChI is InChI=1S/C27H30O4S/c1-19-13-15-23(16-14-19)32-27-26(30-18-22-11-7-4-8-12-22)25(24(28)20(2)31-27)29-17-21-9-5-3-6-10-21/h3-16,20,24-28H,17-18H2,1-2H3/t20-,24+,25+,26-,27+/m0/s1. The van der Waals surface area contributed by atoms with Crippen molar-refractivity contribution in [1.29, 1.82) is 0 Å². The first-order valence-corrected chi connectivity index (χ1v) is 11.9. The van der Waals surface area contributed by atoms with Gasteiger partial charge in [0.15, 0.2) is 0 Å². The van der Waals surface area contributed by atoms with Gasteiger partial charge in [0, 0.05) is 4.90 Å². The van der Waals surface area contributed by atoms with Crippen LogP contribution in [0.4, 0.5) is 0 Å². The highest BCUT2D eigenvalue weighted by Crippen LogP contribution is 2.36. The highest BCUT2D eigenvalue weighted by Gasteiger charge is 2.45. The summed E-state index contributed by atoms with van der Waals surface area (Å²) < 4.78 is 18.9. The third-order valence-corrected chi connectivity index (χ3v) is 6.76. The van der Waals surface area contributed by atoms with Crippen molar-refractivity contribution in [3.8, 4) is 0 Å². The van der Waals surface area contributed by atoms with Gasteiger partial charge >= 0.3 is 0 Å². The van der Waals surface area contributed by atoms with Crippen molar-refractivity contribution in [1.82, 2.24) is 0 Å². The molecular weight excluding hydrogens is 420 g/mol. The molecule has 1 aliphatic heterocycles. The molecule has 5 atom stereocenters. The van der Waals surface area contributed by atoms with Crippen molar-refractivity contribution >= 4 is 11.8 Å². The van der Waals surface area contributed by atoms with Gasteiger partial charge in [0.25, 0.3) is 0 Å². The Balaban J connectivity index is 1.54. The van der Waals surface area contributed by atoms with Gasteiger partial charge in [-0.3, -0.25) is 0 Å². The second-order valence-electron chi connectivity index (χ2n) is 8.15. The van der Waals surface area contributed by atoms with Crippen LogP contribution in [0.25, 0.3) is 0 Å². The number of aliphatic hydroxyl groups excluding tert-OH is 1. The SMILES string of the molecule is Cc1ccc(S[C@H]2O[C@@H](C)[C@@H](O)[C@@H](OCc3ccccc3)[C@@H]2OCc2ccccc2)cc1. The number of aryl methyl sites for hydroxylation is 1. The van der Waals surface area contributed by atoms with Crippen LogP contribution < -0.4 is 0 Å². The minimum atomic E-state index is -0.783. The molecule has 32 heavy (non-hydrogen) atoms. The summed E-state index contributed by atoms with van der Waals surface area (Å²) in [5, 5.41) is 11.0. The Labute approximate surface area is 194 Å². The highest BCUT2D eigenvalue weighted by atomic mass is 32.2. The summed E-state index contributed by atoms with van der Waals surface area (Å²) in [6.45, 7) is 4.79. The van der Waals surface area contributed by atoms with E-state index in [2.05, 4.69) is 31.2 Å². The summed E-state index contributed by atoms with van der Waals surface area (Å²) in [4.78, 5) is 1.10. The lowest BCUT2D eigenvalue weighted by molar-refractivity contribution is -0.228. The predicted molar refractivity (Wildman–Crippen MR) is 127 cm³/mol. The van der Waals surface area contributed by atoms with Gasteiger partial charge in [-0.05, 0) is 37.1 Å². The first kappa shape index (κ1) is 23.0. The molecule has 0 bridgehead atoms. The summed E-state index contributed by atoms with van der Waals surface area (Å²) in [6.07, 6.45) is -2.09. The summed E-state index contributed by atoms with van der Waals surface area (Å²) >= 11 is 1.61. The summed E-state index contributed by atoms with van der Waals surface area (Å²) in [5.41, 5.74) is 3.04. The highest BCUT2D eigenvalue weighted by molar-refractivity contribution is 7.99. The average Bonchev–Trinajstić information content (AvgIpc) is 2.82. The number of benzene rings is 3. The Morgan fingerprint density at radius 2 is 1.31 bits per heavy atom. The van der Waals surface area contributed by atoms with Crippen LogP contribution in [-0.2, 0) is 27.4 Å². The number of thioether (sulfide) groups is 1. The van der Waals surface area contributed by atoms with Crippen molar-refractivity contribution in [2.45, 2.75) is 61.8 Å². The molecule has 4 rings (SSSR count). The molecule has 0 unspecified atom stereocenters. The van der Waals surface area contributed by atoms with Gasteiger partial charge in [0.05, 0.1) is 19.3 Å². The predicted octanol–water partition coefficient (Wildman–Crippen LogP) is 5.36. The lowest BCUT2D eigenvalue weighted by atomic mass is 10.00. The Morgan fingerprint density at radius 1 is 0.781 bits per heavy atom. The summed E-state index contributed by atoms with van der Waals surface area (Å²) in [5.74, 6) is 0. The van der Waals surface area contributed by atoms with E-state index in [1.165, 1.54) is 5.56 Å². The first-order chi connectivity index (χ1) is 15.6.